The Bertz CT molecular complexity index is 4200. The third-order valence-electron chi connectivity index (χ3n) is 11.0. The fourth-order valence-corrected chi connectivity index (χ4v) is 8.06. The highest BCUT2D eigenvalue weighted by Gasteiger charge is 2.22. The van der Waals surface area contributed by atoms with E-state index in [2.05, 4.69) is 49.9 Å². The van der Waals surface area contributed by atoms with Crippen LogP contribution >= 0.6 is 0 Å². The quantitative estimate of drug-likeness (QED) is 0.113. The fourth-order valence-electron chi connectivity index (χ4n) is 8.06. The van der Waals surface area contributed by atoms with E-state index >= 15 is 0 Å². The Morgan fingerprint density at radius 3 is 1.92 bits per heavy atom. The van der Waals surface area contributed by atoms with Crippen LogP contribution in [0.1, 0.15) is 46.9 Å². The lowest BCUT2D eigenvalue weighted by Crippen LogP contribution is -2.31. The largest absolute Gasteiger partial charge is 0.458 e. The van der Waals surface area contributed by atoms with Gasteiger partial charge >= 0.3 is 0 Å². The van der Waals surface area contributed by atoms with E-state index < -0.39 is 90.6 Å². The summed E-state index contributed by atoms with van der Waals surface area (Å²) in [7, 11) is 0. The topological polar surface area (TPSA) is 35.9 Å². The van der Waals surface area contributed by atoms with Crippen molar-refractivity contribution in [2.75, 3.05) is 0 Å². The second-order valence-corrected chi connectivity index (χ2v) is 16.0. The maximum absolute atomic E-state index is 9.15. The van der Waals surface area contributed by atoms with Gasteiger partial charge in [0.05, 0.1) is 54.0 Å². The lowest BCUT2D eigenvalue weighted by molar-refractivity contribution is -0.571. The number of hydrogen-bond acceptors (Lipinski definition) is 2. The molecule has 0 fully saturated rings. The fraction of sp³-hybridized carbons (Fsp3) is 0.0690. The van der Waals surface area contributed by atoms with E-state index in [-0.39, 0.29) is 50.0 Å². The van der Waals surface area contributed by atoms with Crippen LogP contribution in [0.5, 0.6) is 11.5 Å². The molecule has 0 aliphatic carbocycles. The average molecular weight is 828 g/mol. The first-order valence-corrected chi connectivity index (χ1v) is 20.2. The maximum Gasteiger partial charge on any atom is 0.269 e. The number of rotatable bonds is 8. The zero-order chi connectivity index (χ0) is 55.5. The zero-order valence-corrected chi connectivity index (χ0v) is 34.2. The van der Waals surface area contributed by atoms with Crippen molar-refractivity contribution in [2.24, 2.45) is 0 Å². The van der Waals surface area contributed by atoms with Gasteiger partial charge in [0.1, 0.15) is 17.3 Å². The molecular weight excluding hydrogens is 769 g/mol. The molecule has 0 aliphatic rings. The van der Waals surface area contributed by atoms with Gasteiger partial charge in [0.25, 0.3) is 6.33 Å². The summed E-state index contributed by atoms with van der Waals surface area (Å²) in [5, 5.41) is 2.02. The number of imidazole rings is 1. The molecule has 63 heavy (non-hydrogen) atoms. The molecule has 3 heterocycles. The number of para-hydroxylation sites is 2. The van der Waals surface area contributed by atoms with E-state index in [1.807, 2.05) is 42.6 Å². The predicted octanol–water partition coefficient (Wildman–Crippen LogP) is 14.3. The lowest BCUT2D eigenvalue weighted by Gasteiger charge is -2.20. The number of nitrogens with zero attached hydrogens (tertiary/aromatic N) is 4. The molecule has 0 aliphatic heterocycles. The molecule has 0 spiro atoms. The summed E-state index contributed by atoms with van der Waals surface area (Å²) in [4.78, 5) is 4.82. The lowest BCUT2D eigenvalue weighted by atomic mass is 9.88. The van der Waals surface area contributed by atoms with Crippen molar-refractivity contribution in [3.05, 3.63) is 224 Å². The number of fused-ring (bicyclic) bond motifs is 4. The highest BCUT2D eigenvalue weighted by atomic mass is 16.5. The normalized spacial score (nSPS) is 15.1. The number of hydrogen-bond donors (Lipinski definition) is 0. The summed E-state index contributed by atoms with van der Waals surface area (Å²) in [6, 6.07) is 25.5. The van der Waals surface area contributed by atoms with E-state index in [1.165, 1.54) is 22.8 Å². The number of aromatic nitrogens is 4. The van der Waals surface area contributed by atoms with Crippen LogP contribution in [-0.2, 0) is 5.41 Å². The number of benzene rings is 8. The van der Waals surface area contributed by atoms with Crippen molar-refractivity contribution in [2.45, 2.75) is 26.2 Å². The molecule has 11 rings (SSSR count). The van der Waals surface area contributed by atoms with E-state index in [9.17, 15) is 0 Å². The van der Waals surface area contributed by atoms with Crippen LogP contribution in [0.25, 0.3) is 83.4 Å². The molecule has 0 radical (unpaired) electrons. The smallest absolute Gasteiger partial charge is 0.269 e. The summed E-state index contributed by atoms with van der Waals surface area (Å²) in [5.74, 6) is 1.65. The summed E-state index contributed by atoms with van der Waals surface area (Å²) < 4.78 is 143. The summed E-state index contributed by atoms with van der Waals surface area (Å²) in [6.07, 6.45) is 5.19. The van der Waals surface area contributed by atoms with E-state index in [1.54, 1.807) is 47.0 Å². The third kappa shape index (κ3) is 6.94. The molecule has 5 heteroatoms. The Morgan fingerprint density at radius 1 is 0.556 bits per heavy atom. The zero-order valence-electron chi connectivity index (χ0n) is 49.2. The second-order valence-electron chi connectivity index (χ2n) is 16.0. The third-order valence-corrected chi connectivity index (χ3v) is 11.0. The average Bonchev–Trinajstić information content (AvgIpc) is 4.15. The molecule has 0 unspecified atom stereocenters. The van der Waals surface area contributed by atoms with Crippen molar-refractivity contribution in [1.82, 2.24) is 14.1 Å². The minimum Gasteiger partial charge on any atom is -0.458 e. The molecular formula is C58H44N4O. The van der Waals surface area contributed by atoms with E-state index in [0.717, 1.165) is 33.2 Å². The number of ether oxygens (including phenoxy) is 1. The Morgan fingerprint density at radius 2 is 1.21 bits per heavy atom. The van der Waals surface area contributed by atoms with Gasteiger partial charge in [-0.15, -0.1) is 0 Å². The van der Waals surface area contributed by atoms with Crippen LogP contribution in [0.2, 0.25) is 0 Å². The molecule has 0 saturated heterocycles. The SMILES string of the molecule is [2H]c1c([2H])c([2H])c(-c2ccc3c(c2)[n+](-c2c(-c4c([2H])c([2H])c([2H])c([2H])c4[2H])cccc2-c2c([2H])c([2H])c([2H])c([2H])c2[2H])[c-]n3-c2cccc(Oc3ccc4c5ccccc5n(-c5cc(C(C)(C)C)ccn5)c4c3)c2)c([2H])c1[2H]. The Labute approximate surface area is 388 Å². The minimum absolute atomic E-state index is 0.00459. The predicted molar refractivity (Wildman–Crippen MR) is 257 cm³/mol. The van der Waals surface area contributed by atoms with Gasteiger partial charge < -0.3 is 4.74 Å². The van der Waals surface area contributed by atoms with Crippen LogP contribution in [0, 0.1) is 6.33 Å². The Hall–Kier alpha value is -8.02. The van der Waals surface area contributed by atoms with Crippen LogP contribution in [-0.4, -0.2) is 14.1 Å². The first kappa shape index (κ1) is 25.0. The molecule has 0 saturated carbocycles. The van der Waals surface area contributed by atoms with Gasteiger partial charge in [-0.25, -0.2) is 4.98 Å². The van der Waals surface area contributed by atoms with Crippen molar-refractivity contribution in [3.8, 4) is 62.1 Å². The molecule has 0 atom stereocenters. The van der Waals surface area contributed by atoms with Crippen molar-refractivity contribution < 1.29 is 29.9 Å². The monoisotopic (exact) mass is 827 g/mol. The van der Waals surface area contributed by atoms with Gasteiger partial charge in [-0.1, -0.05) is 166 Å². The maximum atomic E-state index is 9.15. The van der Waals surface area contributed by atoms with Gasteiger partial charge in [-0.2, -0.15) is 0 Å². The summed E-state index contributed by atoms with van der Waals surface area (Å²) >= 11 is 0. The van der Waals surface area contributed by atoms with E-state index in [0.29, 0.717) is 22.7 Å². The molecule has 3 aromatic heterocycles. The highest BCUT2D eigenvalue weighted by Crippen LogP contribution is 2.38. The van der Waals surface area contributed by atoms with Crippen molar-refractivity contribution in [1.29, 1.82) is 0 Å². The minimum atomic E-state index is -0.650. The molecule has 302 valence electrons. The van der Waals surface area contributed by atoms with Gasteiger partial charge in [-0.05, 0) is 99.0 Å². The molecule has 11 aromatic rings. The Balaban J connectivity index is 1.16. The first-order valence-electron chi connectivity index (χ1n) is 27.7. The molecule has 0 amide bonds. The molecule has 0 N–H and O–H groups in total. The second kappa shape index (κ2) is 15.5. The van der Waals surface area contributed by atoms with Crippen LogP contribution in [0.3, 0.4) is 0 Å². The van der Waals surface area contributed by atoms with Gasteiger partial charge in [0.15, 0.2) is 0 Å². The first-order chi connectivity index (χ1) is 37.1. The van der Waals surface area contributed by atoms with E-state index in [4.69, 9.17) is 30.3 Å². The summed E-state index contributed by atoms with van der Waals surface area (Å²) in [5.41, 5.74) is 3.37. The van der Waals surface area contributed by atoms with Gasteiger partial charge in [0.2, 0.25) is 0 Å². The molecule has 8 aromatic carbocycles. The standard InChI is InChI=1S/C58H44N4O/c1-58(2,3)44-33-34-59-56(36-44)62-52-28-14-13-25-50(52)51-31-30-47(38-54(51)62)63-46-24-15-23-45(37-46)60-39-61(55-35-43(29-32-53(55)60)40-17-7-4-8-18-40)57-48(41-19-9-5-10-20-41)26-16-27-49(57)42-21-11-6-12-22-42/h4-38H,1-3H3/i4D,5D,6D,7D,8D,9D,10D,11D,12D,17D,18D,19D,20D,21D,22D. The van der Waals surface area contributed by atoms with Crippen LogP contribution in [0.15, 0.2) is 212 Å². The van der Waals surface area contributed by atoms with Crippen LogP contribution in [0.4, 0.5) is 0 Å². The number of pyridine rings is 1. The van der Waals surface area contributed by atoms with Crippen molar-refractivity contribution in [3.63, 3.8) is 0 Å². The van der Waals surface area contributed by atoms with Crippen molar-refractivity contribution >= 4 is 32.8 Å². The molecule has 0 bridgehead atoms. The van der Waals surface area contributed by atoms with Gasteiger partial charge in [-0.3, -0.25) is 13.7 Å². The van der Waals surface area contributed by atoms with Crippen LogP contribution < -0.4 is 9.30 Å². The Kier molecular flexibility index (Phi) is 6.15. The summed E-state index contributed by atoms with van der Waals surface area (Å²) in [6.45, 7) is 6.46. The molecule has 5 nitrogen and oxygen atoms in total. The highest BCUT2D eigenvalue weighted by molar-refractivity contribution is 6.09. The van der Waals surface area contributed by atoms with Gasteiger partial charge in [0, 0.05) is 23.0 Å².